The van der Waals surface area contributed by atoms with Gasteiger partial charge in [-0.1, -0.05) is 18.2 Å². The number of anilines is 2. The summed E-state index contributed by atoms with van der Waals surface area (Å²) in [4.78, 5) is 11.8. The number of phenolic OH excluding ortho intramolecular Hbond substituents is 1. The predicted octanol–water partition coefficient (Wildman–Crippen LogP) is 3.88. The molecule has 3 aromatic rings. The van der Waals surface area contributed by atoms with E-state index in [4.69, 9.17) is 4.74 Å². The Kier molecular flexibility index (Phi) is 5.51. The second-order valence-corrected chi connectivity index (χ2v) is 7.72. The van der Waals surface area contributed by atoms with Gasteiger partial charge >= 0.3 is 6.03 Å². The molecular formula is C20H18N2O5S. The third-order valence-electron chi connectivity index (χ3n) is 3.91. The fourth-order valence-corrected chi connectivity index (χ4v) is 3.88. The number of ether oxygens (including phenoxy) is 1. The number of methoxy groups -OCH3 is 1. The lowest BCUT2D eigenvalue weighted by atomic mass is 10.3. The van der Waals surface area contributed by atoms with E-state index in [0.29, 0.717) is 11.4 Å². The summed E-state index contributed by atoms with van der Waals surface area (Å²) in [5.74, 6) is 0.0982. The van der Waals surface area contributed by atoms with Crippen molar-refractivity contribution in [3.05, 3.63) is 72.8 Å². The summed E-state index contributed by atoms with van der Waals surface area (Å²) in [6, 6.07) is 17.9. The number of rotatable bonds is 5. The number of amides is 2. The lowest BCUT2D eigenvalue weighted by Crippen LogP contribution is -2.19. The lowest BCUT2D eigenvalue weighted by molar-refractivity contribution is 0.262. The molecule has 0 aromatic heterocycles. The van der Waals surface area contributed by atoms with Crippen molar-refractivity contribution in [1.82, 2.24) is 0 Å². The lowest BCUT2D eigenvalue weighted by Gasteiger charge is -2.11. The molecule has 0 saturated carbocycles. The van der Waals surface area contributed by atoms with Crippen LogP contribution in [0.15, 0.2) is 82.6 Å². The first-order chi connectivity index (χ1) is 13.4. The number of carbonyl (C=O) groups is 1. The smallest absolute Gasteiger partial charge is 0.323 e. The maximum atomic E-state index is 12.9. The van der Waals surface area contributed by atoms with Gasteiger partial charge in [-0.05, 0) is 54.6 Å². The molecule has 0 heterocycles. The Hall–Kier alpha value is -3.52. The third kappa shape index (κ3) is 4.24. The van der Waals surface area contributed by atoms with Crippen LogP contribution < -0.4 is 15.4 Å². The molecule has 144 valence electrons. The minimum Gasteiger partial charge on any atom is -0.507 e. The molecule has 0 bridgehead atoms. The summed E-state index contributed by atoms with van der Waals surface area (Å²) < 4.78 is 30.7. The number of hydrogen-bond donors (Lipinski definition) is 3. The zero-order valence-corrected chi connectivity index (χ0v) is 15.7. The van der Waals surface area contributed by atoms with E-state index in [1.165, 1.54) is 49.6 Å². The normalized spacial score (nSPS) is 10.9. The highest BCUT2D eigenvalue weighted by Gasteiger charge is 2.22. The number of aromatic hydroxyl groups is 1. The highest BCUT2D eigenvalue weighted by atomic mass is 32.2. The Morgan fingerprint density at radius 3 is 2.18 bits per heavy atom. The van der Waals surface area contributed by atoms with Crippen LogP contribution in [0.4, 0.5) is 16.2 Å². The zero-order valence-electron chi connectivity index (χ0n) is 14.9. The van der Waals surface area contributed by atoms with Crippen molar-refractivity contribution in [3.8, 4) is 11.5 Å². The second kappa shape index (κ2) is 8.01. The average molecular weight is 398 g/mol. The van der Waals surface area contributed by atoms with Crippen LogP contribution in [0.2, 0.25) is 0 Å². The second-order valence-electron chi connectivity index (χ2n) is 5.81. The largest absolute Gasteiger partial charge is 0.507 e. The molecule has 0 aliphatic heterocycles. The number of para-hydroxylation sites is 1. The van der Waals surface area contributed by atoms with Crippen LogP contribution in [-0.2, 0) is 9.84 Å². The van der Waals surface area contributed by atoms with E-state index in [1.54, 1.807) is 24.3 Å². The summed E-state index contributed by atoms with van der Waals surface area (Å²) in [7, 11) is -2.51. The standard InChI is InChI=1S/C20H18N2O5S/c1-27-16-8-10-17(11-9-16)28(25,26)19-13-15(7-12-18(19)23)22-20(24)21-14-5-3-2-4-6-14/h2-13,23H,1H3,(H2,21,22,24). The van der Waals surface area contributed by atoms with Gasteiger partial charge in [-0.25, -0.2) is 13.2 Å². The molecule has 3 aromatic carbocycles. The van der Waals surface area contributed by atoms with Crippen LogP contribution in [0.25, 0.3) is 0 Å². The zero-order chi connectivity index (χ0) is 20.1. The van der Waals surface area contributed by atoms with Crippen LogP contribution in [0.1, 0.15) is 0 Å². The molecule has 7 nitrogen and oxygen atoms in total. The van der Waals surface area contributed by atoms with E-state index >= 15 is 0 Å². The van der Waals surface area contributed by atoms with Gasteiger partial charge in [0.05, 0.1) is 12.0 Å². The molecule has 3 rings (SSSR count). The SMILES string of the molecule is COc1ccc(S(=O)(=O)c2cc(NC(=O)Nc3ccccc3)ccc2O)cc1. The van der Waals surface area contributed by atoms with E-state index < -0.39 is 21.6 Å². The molecule has 0 aliphatic rings. The minimum absolute atomic E-state index is 0.00510. The van der Waals surface area contributed by atoms with Crippen molar-refractivity contribution in [2.45, 2.75) is 9.79 Å². The van der Waals surface area contributed by atoms with Crippen molar-refractivity contribution in [3.63, 3.8) is 0 Å². The number of hydrogen-bond acceptors (Lipinski definition) is 5. The first-order valence-corrected chi connectivity index (χ1v) is 9.73. The monoisotopic (exact) mass is 398 g/mol. The maximum Gasteiger partial charge on any atom is 0.323 e. The van der Waals surface area contributed by atoms with Gasteiger partial charge in [0.15, 0.2) is 0 Å². The number of benzene rings is 3. The molecule has 0 fully saturated rings. The van der Waals surface area contributed by atoms with Crippen LogP contribution in [0.5, 0.6) is 11.5 Å². The van der Waals surface area contributed by atoms with Crippen molar-refractivity contribution in [2.75, 3.05) is 17.7 Å². The fraction of sp³-hybridized carbons (Fsp3) is 0.0500. The summed E-state index contributed by atoms with van der Waals surface area (Å²) >= 11 is 0. The Morgan fingerprint density at radius 1 is 0.893 bits per heavy atom. The molecular weight excluding hydrogens is 380 g/mol. The first-order valence-electron chi connectivity index (χ1n) is 8.25. The van der Waals surface area contributed by atoms with Gasteiger partial charge in [-0.3, -0.25) is 0 Å². The third-order valence-corrected chi connectivity index (χ3v) is 5.71. The molecule has 0 spiro atoms. The fourth-order valence-electron chi connectivity index (χ4n) is 2.50. The average Bonchev–Trinajstić information content (AvgIpc) is 2.70. The number of phenols is 1. The van der Waals surface area contributed by atoms with E-state index in [1.807, 2.05) is 6.07 Å². The van der Waals surface area contributed by atoms with Gasteiger partial charge in [-0.2, -0.15) is 0 Å². The number of urea groups is 1. The molecule has 0 saturated heterocycles. The van der Waals surface area contributed by atoms with Gasteiger partial charge in [-0.15, -0.1) is 0 Å². The summed E-state index contributed by atoms with van der Waals surface area (Å²) in [5.41, 5.74) is 0.808. The highest BCUT2D eigenvalue weighted by Crippen LogP contribution is 2.31. The Morgan fingerprint density at radius 2 is 1.54 bits per heavy atom. The van der Waals surface area contributed by atoms with E-state index in [0.717, 1.165) is 0 Å². The summed E-state index contributed by atoms with van der Waals surface area (Å²) in [6.45, 7) is 0. The Bertz CT molecular complexity index is 1080. The summed E-state index contributed by atoms with van der Waals surface area (Å²) in [6.07, 6.45) is 0. The van der Waals surface area contributed by atoms with E-state index in [9.17, 15) is 18.3 Å². The van der Waals surface area contributed by atoms with Crippen LogP contribution in [-0.4, -0.2) is 26.7 Å². The molecule has 8 heteroatoms. The predicted molar refractivity (Wildman–Crippen MR) is 106 cm³/mol. The van der Waals surface area contributed by atoms with Gasteiger partial charge < -0.3 is 20.5 Å². The Balaban J connectivity index is 1.85. The molecule has 2 amide bonds. The molecule has 0 atom stereocenters. The van der Waals surface area contributed by atoms with Gasteiger partial charge in [0.1, 0.15) is 16.4 Å². The topological polar surface area (TPSA) is 105 Å². The van der Waals surface area contributed by atoms with Gasteiger partial charge in [0.25, 0.3) is 0 Å². The minimum atomic E-state index is -3.99. The number of nitrogens with one attached hydrogen (secondary N) is 2. The van der Waals surface area contributed by atoms with E-state index in [-0.39, 0.29) is 15.5 Å². The first kappa shape index (κ1) is 19.2. The maximum absolute atomic E-state index is 12.9. The van der Waals surface area contributed by atoms with Crippen molar-refractivity contribution < 1.29 is 23.1 Å². The molecule has 0 unspecified atom stereocenters. The molecule has 0 radical (unpaired) electrons. The Labute approximate surface area is 162 Å². The van der Waals surface area contributed by atoms with Gasteiger partial charge in [0, 0.05) is 11.4 Å². The van der Waals surface area contributed by atoms with Crippen molar-refractivity contribution >= 4 is 27.2 Å². The molecule has 28 heavy (non-hydrogen) atoms. The van der Waals surface area contributed by atoms with Gasteiger partial charge in [0.2, 0.25) is 9.84 Å². The number of sulfone groups is 1. The summed E-state index contributed by atoms with van der Waals surface area (Å²) in [5, 5.41) is 15.3. The molecule has 3 N–H and O–H groups in total. The van der Waals surface area contributed by atoms with Crippen LogP contribution >= 0.6 is 0 Å². The quantitative estimate of drug-likeness (QED) is 0.566. The molecule has 0 aliphatic carbocycles. The van der Waals surface area contributed by atoms with Crippen LogP contribution in [0.3, 0.4) is 0 Å². The van der Waals surface area contributed by atoms with Crippen molar-refractivity contribution in [2.24, 2.45) is 0 Å². The van der Waals surface area contributed by atoms with Crippen molar-refractivity contribution in [1.29, 1.82) is 0 Å². The number of carbonyl (C=O) groups excluding carboxylic acids is 1. The van der Waals surface area contributed by atoms with Crippen LogP contribution in [0, 0.1) is 0 Å². The van der Waals surface area contributed by atoms with E-state index in [2.05, 4.69) is 10.6 Å². The highest BCUT2D eigenvalue weighted by molar-refractivity contribution is 7.91.